The number of hydrogen-bond acceptors (Lipinski definition) is 6. The third-order valence-electron chi connectivity index (χ3n) is 7.42. The molecule has 2 aromatic rings. The fourth-order valence-electron chi connectivity index (χ4n) is 5.12. The number of anilines is 2. The Hall–Kier alpha value is -3.42. The van der Waals surface area contributed by atoms with Gasteiger partial charge >= 0.3 is 0 Å². The number of Topliss-reactive ketones (excluding diaryl/α,β-unsaturated/α-hetero) is 1. The highest BCUT2D eigenvalue weighted by molar-refractivity contribution is 6.02. The van der Waals surface area contributed by atoms with E-state index in [2.05, 4.69) is 34.4 Å². The Balaban J connectivity index is 1.45. The summed E-state index contributed by atoms with van der Waals surface area (Å²) in [4.78, 5) is 43.5. The van der Waals surface area contributed by atoms with Gasteiger partial charge in [0.05, 0.1) is 5.56 Å². The molecule has 0 aliphatic carbocycles. The van der Waals surface area contributed by atoms with E-state index < -0.39 is 5.91 Å². The van der Waals surface area contributed by atoms with E-state index in [0.29, 0.717) is 40.4 Å². The zero-order chi connectivity index (χ0) is 25.3. The molecule has 2 bridgehead atoms. The van der Waals surface area contributed by atoms with Gasteiger partial charge < -0.3 is 21.3 Å². The van der Waals surface area contributed by atoms with Gasteiger partial charge in [0.15, 0.2) is 5.78 Å². The third kappa shape index (κ3) is 5.31. The summed E-state index contributed by atoms with van der Waals surface area (Å²) < 4.78 is 0. The van der Waals surface area contributed by atoms with Crippen LogP contribution in [0.1, 0.15) is 84.5 Å². The molecule has 4 atom stereocenters. The van der Waals surface area contributed by atoms with Crippen molar-refractivity contribution in [2.75, 3.05) is 10.2 Å². The van der Waals surface area contributed by atoms with E-state index >= 15 is 0 Å². The van der Waals surface area contributed by atoms with Crippen LogP contribution < -0.4 is 21.3 Å². The van der Waals surface area contributed by atoms with E-state index in [0.717, 1.165) is 31.5 Å². The molecule has 2 fully saturated rings. The minimum atomic E-state index is -0.524. The number of nitrogens with one attached hydrogen (secondary N) is 2. The molecule has 4 rings (SSSR count). The molecule has 3 heterocycles. The number of hydrogen-bond donors (Lipinski definition) is 3. The Morgan fingerprint density at radius 2 is 1.69 bits per heavy atom. The lowest BCUT2D eigenvalue weighted by Gasteiger charge is -2.40. The van der Waals surface area contributed by atoms with Crippen molar-refractivity contribution in [1.29, 1.82) is 0 Å². The molecule has 2 aliphatic heterocycles. The zero-order valence-electron chi connectivity index (χ0n) is 20.9. The van der Waals surface area contributed by atoms with Gasteiger partial charge in [0.2, 0.25) is 0 Å². The molecule has 0 saturated carbocycles. The fraction of sp³-hybridized carbons (Fsp3) is 0.481. The first-order valence-corrected chi connectivity index (χ1v) is 12.4. The number of pyridine rings is 1. The highest BCUT2D eigenvalue weighted by Crippen LogP contribution is 2.38. The number of ketones is 1. The summed E-state index contributed by atoms with van der Waals surface area (Å²) in [6.07, 6.45) is 5.44. The van der Waals surface area contributed by atoms with Crippen LogP contribution in [0.5, 0.6) is 0 Å². The van der Waals surface area contributed by atoms with E-state index in [1.54, 1.807) is 31.3 Å². The van der Waals surface area contributed by atoms with Crippen molar-refractivity contribution in [2.24, 2.45) is 11.7 Å². The Labute approximate surface area is 206 Å². The van der Waals surface area contributed by atoms with Crippen LogP contribution in [0.3, 0.4) is 0 Å². The van der Waals surface area contributed by atoms with Crippen molar-refractivity contribution in [3.63, 3.8) is 0 Å². The molecule has 8 heteroatoms. The second-order valence-electron chi connectivity index (χ2n) is 10.2. The topological polar surface area (TPSA) is 117 Å². The summed E-state index contributed by atoms with van der Waals surface area (Å²) in [5.74, 6) is 0.577. The molecule has 2 aliphatic rings. The second-order valence-corrected chi connectivity index (χ2v) is 10.2. The highest BCUT2D eigenvalue weighted by atomic mass is 16.2. The first-order chi connectivity index (χ1) is 16.6. The van der Waals surface area contributed by atoms with E-state index in [1.807, 2.05) is 19.1 Å². The molecular formula is C27H35N5O3. The van der Waals surface area contributed by atoms with Crippen molar-refractivity contribution in [3.05, 3.63) is 53.2 Å². The van der Waals surface area contributed by atoms with E-state index in [-0.39, 0.29) is 23.8 Å². The molecule has 186 valence electrons. The average molecular weight is 478 g/mol. The van der Waals surface area contributed by atoms with Gasteiger partial charge in [-0.3, -0.25) is 14.4 Å². The third-order valence-corrected chi connectivity index (χ3v) is 7.42. The summed E-state index contributed by atoms with van der Waals surface area (Å²) >= 11 is 0. The van der Waals surface area contributed by atoms with Crippen LogP contribution in [0.25, 0.3) is 0 Å². The quantitative estimate of drug-likeness (QED) is 0.498. The van der Waals surface area contributed by atoms with Crippen LogP contribution in [-0.2, 0) is 0 Å². The number of fused-ring (bicyclic) bond motifs is 2. The van der Waals surface area contributed by atoms with Gasteiger partial charge in [0.25, 0.3) is 11.8 Å². The normalized spacial score (nSPS) is 22.1. The van der Waals surface area contributed by atoms with Crippen molar-refractivity contribution in [3.8, 4) is 0 Å². The smallest absolute Gasteiger partial charge is 0.251 e. The number of primary amides is 1. The number of amides is 2. The molecule has 4 N–H and O–H groups in total. The van der Waals surface area contributed by atoms with Gasteiger partial charge in [-0.15, -0.1) is 0 Å². The Morgan fingerprint density at radius 1 is 1.03 bits per heavy atom. The summed E-state index contributed by atoms with van der Waals surface area (Å²) in [7, 11) is 0. The molecule has 0 spiro atoms. The Morgan fingerprint density at radius 3 is 2.23 bits per heavy atom. The monoisotopic (exact) mass is 477 g/mol. The van der Waals surface area contributed by atoms with Crippen LogP contribution >= 0.6 is 0 Å². The van der Waals surface area contributed by atoms with E-state index in [9.17, 15) is 14.4 Å². The maximum Gasteiger partial charge on any atom is 0.251 e. The maximum atomic E-state index is 13.1. The number of nitrogens with two attached hydrogens (primary N) is 1. The number of benzene rings is 1. The number of rotatable bonds is 8. The fourth-order valence-corrected chi connectivity index (χ4v) is 5.12. The summed E-state index contributed by atoms with van der Waals surface area (Å²) in [6, 6.07) is 9.54. The van der Waals surface area contributed by atoms with Crippen molar-refractivity contribution in [1.82, 2.24) is 10.3 Å². The van der Waals surface area contributed by atoms with Crippen LogP contribution in [0.4, 0.5) is 11.5 Å². The number of piperidine rings is 1. The van der Waals surface area contributed by atoms with Crippen molar-refractivity contribution < 1.29 is 14.4 Å². The molecule has 0 radical (unpaired) electrons. The van der Waals surface area contributed by atoms with Crippen molar-refractivity contribution in [2.45, 2.75) is 77.5 Å². The van der Waals surface area contributed by atoms with Gasteiger partial charge in [-0.05, 0) is 75.8 Å². The van der Waals surface area contributed by atoms with E-state index in [1.165, 1.54) is 0 Å². The summed E-state index contributed by atoms with van der Waals surface area (Å²) in [6.45, 7) is 7.76. The largest absolute Gasteiger partial charge is 0.382 e. The maximum absolute atomic E-state index is 13.1. The number of aromatic nitrogens is 1. The molecule has 2 amide bonds. The van der Waals surface area contributed by atoms with Crippen LogP contribution in [0, 0.1) is 5.92 Å². The first-order valence-electron chi connectivity index (χ1n) is 12.4. The van der Waals surface area contributed by atoms with Crippen molar-refractivity contribution >= 4 is 29.1 Å². The standard InChI is InChI=1S/C27H35N5O3/c1-15(2)16(3)30-24-11-18(5-9-23(24)26(28)34)27(35)31-20-12-21-7-8-22(13-20)32(21)25-10-6-19(14-29-25)17(4)33/h5-6,9-11,14-16,20-22,30H,7-8,12-13H2,1-4H3,(H2,28,34)(H,31,35)/t16?,20?,21-,22+. The van der Waals surface area contributed by atoms with Gasteiger partial charge in [-0.2, -0.15) is 0 Å². The predicted octanol–water partition coefficient (Wildman–Crippen LogP) is 3.77. The first kappa shape index (κ1) is 24.7. The minimum Gasteiger partial charge on any atom is -0.382 e. The van der Waals surface area contributed by atoms with Crippen LogP contribution in [-0.4, -0.2) is 46.7 Å². The van der Waals surface area contributed by atoms with E-state index in [4.69, 9.17) is 5.73 Å². The number of carbonyl (C=O) groups excluding carboxylic acids is 3. The Kier molecular flexibility index (Phi) is 7.10. The lowest BCUT2D eigenvalue weighted by molar-refractivity contribution is 0.0924. The van der Waals surface area contributed by atoms with Gasteiger partial charge in [0, 0.05) is 47.2 Å². The molecule has 8 nitrogen and oxygen atoms in total. The molecular weight excluding hydrogens is 442 g/mol. The second kappa shape index (κ2) is 10.1. The molecule has 35 heavy (non-hydrogen) atoms. The lowest BCUT2D eigenvalue weighted by atomic mass is 9.96. The van der Waals surface area contributed by atoms with Gasteiger partial charge in [-0.1, -0.05) is 13.8 Å². The predicted molar refractivity (Wildman–Crippen MR) is 137 cm³/mol. The summed E-state index contributed by atoms with van der Waals surface area (Å²) in [5.41, 5.74) is 7.64. The SMILES string of the molecule is CC(=O)c1ccc(N2[C@@H]3CC[C@H]2CC(NC(=O)c2ccc(C(N)=O)c(NC(C)C(C)C)c2)C3)nc1. The zero-order valence-corrected chi connectivity index (χ0v) is 20.9. The summed E-state index contributed by atoms with van der Waals surface area (Å²) in [5, 5.41) is 6.54. The molecule has 2 unspecified atom stereocenters. The highest BCUT2D eigenvalue weighted by Gasteiger charge is 2.41. The molecule has 1 aromatic heterocycles. The molecule has 1 aromatic carbocycles. The molecule has 2 saturated heterocycles. The van der Waals surface area contributed by atoms with Gasteiger partial charge in [-0.25, -0.2) is 4.98 Å². The van der Waals surface area contributed by atoms with Crippen LogP contribution in [0.2, 0.25) is 0 Å². The minimum absolute atomic E-state index is 0.00863. The number of carbonyl (C=O) groups is 3. The average Bonchev–Trinajstić information content (AvgIpc) is 3.08. The van der Waals surface area contributed by atoms with Crippen LogP contribution in [0.15, 0.2) is 36.5 Å². The lowest BCUT2D eigenvalue weighted by Crippen LogP contribution is -2.50. The Bertz CT molecular complexity index is 1100. The number of nitrogens with zero attached hydrogens (tertiary/aromatic N) is 2. The van der Waals surface area contributed by atoms with Gasteiger partial charge in [0.1, 0.15) is 5.82 Å².